The van der Waals surface area contributed by atoms with Crippen molar-refractivity contribution in [1.29, 1.82) is 0 Å². The monoisotopic (exact) mass is 588 g/mol. The van der Waals surface area contributed by atoms with Gasteiger partial charge in [0.2, 0.25) is 0 Å². The average Bonchev–Trinajstić information content (AvgIpc) is 2.34. The standard InChI is InChI=1S/2C6H8O7.6Na.4H2O/c2*7-3(8)1-6(13,5(11)12)2-4(9)10;;;;;;;;;;/h2*13H,1-2H2,(H,7,8)(H,9,10)(H,11,12);;;;;;;4*1H2/q;;6*+1;;;;/p-6. The van der Waals surface area contributed by atoms with Gasteiger partial charge in [0.15, 0.2) is 0 Å². The first-order valence-electron chi connectivity index (χ1n) is 6.23. The summed E-state index contributed by atoms with van der Waals surface area (Å²) in [6, 6.07) is 0. The summed E-state index contributed by atoms with van der Waals surface area (Å²) in [7, 11) is 0. The Morgan fingerprint density at radius 3 is 0.583 bits per heavy atom. The first-order valence-corrected chi connectivity index (χ1v) is 6.23. The van der Waals surface area contributed by atoms with Gasteiger partial charge in [-0.25, -0.2) is 0 Å². The molecule has 0 spiro atoms. The number of carbonyl (C=O) groups is 6. The Labute approximate surface area is 335 Å². The number of rotatable bonds is 10. The predicted molar refractivity (Wildman–Crippen MR) is 72.9 cm³/mol. The second kappa shape index (κ2) is 37.6. The number of hydrogen-bond donors (Lipinski definition) is 2. The molecule has 18 nitrogen and oxygen atoms in total. The summed E-state index contributed by atoms with van der Waals surface area (Å²) in [5.41, 5.74) is -5.95. The van der Waals surface area contributed by atoms with Crippen molar-refractivity contribution in [1.82, 2.24) is 0 Å². The molecule has 0 radical (unpaired) electrons. The molecule has 0 bridgehead atoms. The van der Waals surface area contributed by atoms with Gasteiger partial charge in [-0.05, 0) is 0 Å². The summed E-state index contributed by atoms with van der Waals surface area (Å²) in [5.74, 6) is -12.0. The summed E-state index contributed by atoms with van der Waals surface area (Å²) >= 11 is 0. The van der Waals surface area contributed by atoms with E-state index in [1.165, 1.54) is 0 Å². The van der Waals surface area contributed by atoms with Gasteiger partial charge in [-0.15, -0.1) is 0 Å². The second-order valence-corrected chi connectivity index (χ2v) is 4.83. The summed E-state index contributed by atoms with van der Waals surface area (Å²) in [6.07, 6.45) is -5.43. The normalized spacial score (nSPS) is 7.83. The van der Waals surface area contributed by atoms with Crippen LogP contribution in [0.2, 0.25) is 0 Å². The Bertz CT molecular complexity index is 533. The molecule has 36 heavy (non-hydrogen) atoms. The summed E-state index contributed by atoms with van der Waals surface area (Å²) in [5, 5.41) is 77.9. The minimum Gasteiger partial charge on any atom is -0.550 e. The molecule has 0 saturated heterocycles. The molecule has 24 heteroatoms. The predicted octanol–water partition coefficient (Wildman–Crippen LogP) is -31.8. The van der Waals surface area contributed by atoms with Crippen LogP contribution in [0, 0.1) is 0 Å². The molecular weight excluding hydrogens is 570 g/mol. The van der Waals surface area contributed by atoms with Crippen LogP contribution >= 0.6 is 0 Å². The molecule has 0 aromatic rings. The molecule has 0 aliphatic carbocycles. The zero-order valence-corrected chi connectivity index (χ0v) is 32.6. The number of carbonyl (C=O) groups excluding carboxylic acids is 6. The zero-order chi connectivity index (χ0) is 21.3. The van der Waals surface area contributed by atoms with Crippen LogP contribution in [-0.4, -0.2) is 79.1 Å². The Balaban J connectivity index is -0.0000000250. The maximum absolute atomic E-state index is 10.1. The SMILES string of the molecule is O.O.O.O.O=C([O-])CC(O)(CC(=O)[O-])C(=O)[O-].O=C([O-])CC(O)(CC(=O)[O-])C(=O)[O-].[Na+].[Na+].[Na+].[Na+].[Na+].[Na+]. The van der Waals surface area contributed by atoms with Crippen LogP contribution in [0.25, 0.3) is 0 Å². The smallest absolute Gasteiger partial charge is 0.550 e. The third-order valence-corrected chi connectivity index (χ3v) is 2.51. The topological polar surface area (TPSA) is 407 Å². The number of aliphatic hydroxyl groups is 2. The van der Waals surface area contributed by atoms with Crippen molar-refractivity contribution in [3.05, 3.63) is 0 Å². The fourth-order valence-corrected chi connectivity index (χ4v) is 1.37. The molecule has 0 atom stereocenters. The molecule has 0 heterocycles. The third kappa shape index (κ3) is 38.7. The Hall–Kier alpha value is 2.58. The molecule has 10 N–H and O–H groups in total. The third-order valence-electron chi connectivity index (χ3n) is 2.51. The molecule has 0 amide bonds. The van der Waals surface area contributed by atoms with Crippen molar-refractivity contribution in [3.63, 3.8) is 0 Å². The maximum Gasteiger partial charge on any atom is 1.00 e. The minimum atomic E-state index is -2.97. The van der Waals surface area contributed by atoms with Gasteiger partial charge in [0.25, 0.3) is 0 Å². The Morgan fingerprint density at radius 1 is 0.417 bits per heavy atom. The van der Waals surface area contributed by atoms with Crippen molar-refractivity contribution in [3.8, 4) is 0 Å². The summed E-state index contributed by atoms with van der Waals surface area (Å²) in [4.78, 5) is 60.0. The van der Waals surface area contributed by atoms with Crippen molar-refractivity contribution in [2.75, 3.05) is 0 Å². The van der Waals surface area contributed by atoms with Crippen LogP contribution < -0.4 is 208 Å². The maximum atomic E-state index is 10.1. The molecule has 0 fully saturated rings. The van der Waals surface area contributed by atoms with E-state index in [1.807, 2.05) is 0 Å². The van der Waals surface area contributed by atoms with E-state index in [0.717, 1.165) is 0 Å². The van der Waals surface area contributed by atoms with Crippen LogP contribution in [0.4, 0.5) is 0 Å². The van der Waals surface area contributed by atoms with E-state index in [9.17, 15) is 59.4 Å². The number of carboxylic acids is 6. The fourth-order valence-electron chi connectivity index (χ4n) is 1.37. The van der Waals surface area contributed by atoms with E-state index < -0.39 is 72.7 Å². The first-order chi connectivity index (χ1) is 11.6. The van der Waals surface area contributed by atoms with Gasteiger partial charge in [0.05, 0.1) is 11.9 Å². The van der Waals surface area contributed by atoms with Gasteiger partial charge in [0.1, 0.15) is 11.2 Å². The molecule has 0 aromatic heterocycles. The number of aliphatic carboxylic acids is 6. The zero-order valence-electron chi connectivity index (χ0n) is 20.6. The molecule has 0 unspecified atom stereocenters. The van der Waals surface area contributed by atoms with Gasteiger partial charge in [-0.3, -0.25) is 0 Å². The molecule has 180 valence electrons. The number of carboxylic acid groups (broad SMARTS) is 6. The van der Waals surface area contributed by atoms with Crippen LogP contribution in [0.15, 0.2) is 0 Å². The van der Waals surface area contributed by atoms with E-state index in [2.05, 4.69) is 0 Å². The van der Waals surface area contributed by atoms with Gasteiger partial charge < -0.3 is 91.5 Å². The van der Waals surface area contributed by atoms with Crippen LogP contribution in [0.1, 0.15) is 25.7 Å². The molecule has 0 rings (SSSR count). The van der Waals surface area contributed by atoms with Crippen molar-refractivity contribution in [2.24, 2.45) is 0 Å². The van der Waals surface area contributed by atoms with E-state index in [4.69, 9.17) is 10.2 Å². The van der Waals surface area contributed by atoms with Crippen molar-refractivity contribution < 1.29 is 269 Å². The van der Waals surface area contributed by atoms with Gasteiger partial charge in [-0.1, -0.05) is 0 Å². The molecule has 0 saturated carbocycles. The Morgan fingerprint density at radius 2 is 0.528 bits per heavy atom. The van der Waals surface area contributed by atoms with E-state index in [-0.39, 0.29) is 199 Å². The molecule has 0 aliphatic heterocycles. The minimum absolute atomic E-state index is 0. The summed E-state index contributed by atoms with van der Waals surface area (Å²) < 4.78 is 0. The van der Waals surface area contributed by atoms with Crippen LogP contribution in [0.5, 0.6) is 0 Å². The van der Waals surface area contributed by atoms with Crippen LogP contribution in [0.3, 0.4) is 0 Å². The first kappa shape index (κ1) is 77.1. The Kier molecular flexibility index (Phi) is 80.5. The molecule has 0 aliphatic rings. The largest absolute Gasteiger partial charge is 1.00 e. The van der Waals surface area contributed by atoms with Gasteiger partial charge in [0, 0.05) is 49.6 Å². The van der Waals surface area contributed by atoms with Gasteiger partial charge in [-0.2, -0.15) is 0 Å². The van der Waals surface area contributed by atoms with E-state index in [0.29, 0.717) is 0 Å². The quantitative estimate of drug-likeness (QED) is 0.224. The van der Waals surface area contributed by atoms with E-state index in [1.54, 1.807) is 0 Å². The molecular formula is C12H18Na6O18. The van der Waals surface area contributed by atoms with Crippen molar-refractivity contribution in [2.45, 2.75) is 36.9 Å². The average molecular weight is 588 g/mol. The second-order valence-electron chi connectivity index (χ2n) is 4.83. The molecule has 0 aromatic carbocycles. The number of hydrogen-bond acceptors (Lipinski definition) is 14. The fraction of sp³-hybridized carbons (Fsp3) is 0.500. The van der Waals surface area contributed by atoms with E-state index >= 15 is 0 Å². The summed E-state index contributed by atoms with van der Waals surface area (Å²) in [6.45, 7) is 0. The van der Waals surface area contributed by atoms with Crippen LogP contribution in [-0.2, 0) is 28.8 Å². The van der Waals surface area contributed by atoms with Crippen molar-refractivity contribution >= 4 is 35.8 Å². The van der Waals surface area contributed by atoms with Gasteiger partial charge >= 0.3 is 177 Å².